The van der Waals surface area contributed by atoms with Crippen LogP contribution in [0, 0.1) is 17.2 Å². The number of rotatable bonds is 5. The van der Waals surface area contributed by atoms with Crippen molar-refractivity contribution in [3.05, 3.63) is 59.4 Å². The smallest absolute Gasteiger partial charge is 0.303 e. The molecule has 1 aromatic rings. The second-order valence-corrected chi connectivity index (χ2v) is 6.15. The summed E-state index contributed by atoms with van der Waals surface area (Å²) in [5, 5.41) is 8.87. The summed E-state index contributed by atoms with van der Waals surface area (Å²) >= 11 is 0. The van der Waals surface area contributed by atoms with Crippen LogP contribution in [0.5, 0.6) is 0 Å². The van der Waals surface area contributed by atoms with Gasteiger partial charge in [0.2, 0.25) is 11.5 Å². The fourth-order valence-electron chi connectivity index (χ4n) is 3.16. The molecule has 0 radical (unpaired) electrons. The van der Waals surface area contributed by atoms with Gasteiger partial charge in [-0.1, -0.05) is 13.8 Å². The Bertz CT molecular complexity index is 739. The van der Waals surface area contributed by atoms with Crippen molar-refractivity contribution in [2.45, 2.75) is 19.9 Å². The largest absolute Gasteiger partial charge is 0.361 e. The molecule has 5 nitrogen and oxygen atoms in total. The number of ketones is 1. The molecule has 0 saturated carbocycles. The van der Waals surface area contributed by atoms with E-state index in [-0.39, 0.29) is 16.2 Å². The van der Waals surface area contributed by atoms with Crippen LogP contribution >= 0.6 is 0 Å². The molecular formula is C18H20N3O2+. The molecule has 0 bridgehead atoms. The second kappa shape index (κ2) is 6.19. The first kappa shape index (κ1) is 16.7. The van der Waals surface area contributed by atoms with Crippen molar-refractivity contribution in [1.29, 1.82) is 5.26 Å². The van der Waals surface area contributed by atoms with Crippen molar-refractivity contribution in [2.75, 3.05) is 7.05 Å². The summed E-state index contributed by atoms with van der Waals surface area (Å²) in [6, 6.07) is 8.10. The van der Waals surface area contributed by atoms with Crippen molar-refractivity contribution >= 4 is 11.7 Å². The standard InChI is InChI=1S/C18H19N3O2/c1-12(2)16(21(3)10-4-5-15(21)18(20)23)17(22)14-8-6-13(11-19)7-9-14/h4-10,12,16H,1-3H3,(H-,20,23)/p+1. The number of nitrogens with two attached hydrogens (primary N) is 1. The minimum absolute atomic E-state index is 0.00589. The molecule has 0 spiro atoms. The summed E-state index contributed by atoms with van der Waals surface area (Å²) in [5.74, 6) is -0.616. The van der Waals surface area contributed by atoms with E-state index in [2.05, 4.69) is 0 Å². The first-order valence-corrected chi connectivity index (χ1v) is 7.41. The minimum atomic E-state index is -0.532. The fraction of sp³-hybridized carbons (Fsp3) is 0.278. The molecule has 1 aliphatic heterocycles. The molecule has 0 aliphatic carbocycles. The number of Topliss-reactive ketones (excluding diaryl/α,β-unsaturated/α-hetero) is 1. The third-order valence-corrected chi connectivity index (χ3v) is 4.20. The molecule has 2 unspecified atom stereocenters. The van der Waals surface area contributed by atoms with Crippen LogP contribution in [-0.2, 0) is 4.79 Å². The van der Waals surface area contributed by atoms with E-state index in [9.17, 15) is 9.59 Å². The van der Waals surface area contributed by atoms with Gasteiger partial charge in [-0.25, -0.2) is 0 Å². The third-order valence-electron chi connectivity index (χ3n) is 4.20. The third kappa shape index (κ3) is 2.94. The van der Waals surface area contributed by atoms with Gasteiger partial charge in [0, 0.05) is 17.6 Å². The topological polar surface area (TPSA) is 83.9 Å². The lowest BCUT2D eigenvalue weighted by atomic mass is 9.91. The average Bonchev–Trinajstić information content (AvgIpc) is 2.89. The van der Waals surface area contributed by atoms with Gasteiger partial charge in [-0.2, -0.15) is 5.26 Å². The van der Waals surface area contributed by atoms with Gasteiger partial charge in [0.1, 0.15) is 6.20 Å². The molecule has 1 aliphatic rings. The lowest BCUT2D eigenvalue weighted by Crippen LogP contribution is -2.55. The summed E-state index contributed by atoms with van der Waals surface area (Å²) in [4.78, 5) is 24.8. The predicted molar refractivity (Wildman–Crippen MR) is 86.7 cm³/mol. The monoisotopic (exact) mass is 310 g/mol. The van der Waals surface area contributed by atoms with Gasteiger partial charge in [-0.3, -0.25) is 14.1 Å². The van der Waals surface area contributed by atoms with Crippen molar-refractivity contribution in [3.63, 3.8) is 0 Å². The highest BCUT2D eigenvalue weighted by atomic mass is 16.2. The van der Waals surface area contributed by atoms with Crippen LogP contribution in [0.2, 0.25) is 0 Å². The van der Waals surface area contributed by atoms with E-state index >= 15 is 0 Å². The molecule has 2 rings (SSSR count). The van der Waals surface area contributed by atoms with Crippen LogP contribution in [0.3, 0.4) is 0 Å². The van der Waals surface area contributed by atoms with Gasteiger partial charge in [0.15, 0.2) is 6.04 Å². The Hall–Kier alpha value is -2.71. The Labute approximate surface area is 135 Å². The van der Waals surface area contributed by atoms with Gasteiger partial charge in [-0.15, -0.1) is 0 Å². The zero-order valence-corrected chi connectivity index (χ0v) is 13.5. The van der Waals surface area contributed by atoms with Crippen LogP contribution in [-0.4, -0.2) is 29.3 Å². The van der Waals surface area contributed by atoms with E-state index in [1.807, 2.05) is 33.2 Å². The molecule has 1 aromatic carbocycles. The van der Waals surface area contributed by atoms with E-state index < -0.39 is 11.9 Å². The van der Waals surface area contributed by atoms with E-state index in [1.165, 1.54) is 0 Å². The Kier molecular flexibility index (Phi) is 4.48. The van der Waals surface area contributed by atoms with Gasteiger partial charge in [0.25, 0.3) is 0 Å². The maximum Gasteiger partial charge on any atom is 0.303 e. The van der Waals surface area contributed by atoms with E-state index in [1.54, 1.807) is 36.4 Å². The number of nitriles is 1. The second-order valence-electron chi connectivity index (χ2n) is 6.15. The van der Waals surface area contributed by atoms with Crippen molar-refractivity contribution in [3.8, 4) is 6.07 Å². The summed E-state index contributed by atoms with van der Waals surface area (Å²) in [6.45, 7) is 3.89. The van der Waals surface area contributed by atoms with Crippen LogP contribution in [0.1, 0.15) is 29.8 Å². The SMILES string of the molecule is CC(C)C(C(=O)c1ccc(C#N)cc1)[N+]1(C)C=CC=C1C(N)=O. The van der Waals surface area contributed by atoms with Gasteiger partial charge >= 0.3 is 5.91 Å². The molecule has 118 valence electrons. The number of nitrogens with zero attached hydrogens (tertiary/aromatic N) is 2. The molecule has 0 saturated heterocycles. The van der Waals surface area contributed by atoms with Crippen molar-refractivity contribution in [1.82, 2.24) is 0 Å². The molecule has 23 heavy (non-hydrogen) atoms. The summed E-state index contributed by atoms with van der Waals surface area (Å²) < 4.78 is 0.0613. The quantitative estimate of drug-likeness (QED) is 0.667. The predicted octanol–water partition coefficient (Wildman–Crippen LogP) is 2.11. The molecule has 2 N–H and O–H groups in total. The molecule has 5 heteroatoms. The number of allylic oxidation sites excluding steroid dienone is 2. The Balaban J connectivity index is 2.44. The first-order chi connectivity index (χ1) is 10.8. The highest BCUT2D eigenvalue weighted by Gasteiger charge is 2.46. The molecule has 2 atom stereocenters. The molecule has 0 fully saturated rings. The van der Waals surface area contributed by atoms with Gasteiger partial charge in [0.05, 0.1) is 18.7 Å². The number of primary amides is 1. The number of benzene rings is 1. The van der Waals surface area contributed by atoms with E-state index in [0.717, 1.165) is 0 Å². The van der Waals surface area contributed by atoms with Crippen molar-refractivity contribution in [2.24, 2.45) is 11.7 Å². The molecule has 0 aromatic heterocycles. The van der Waals surface area contributed by atoms with E-state index in [4.69, 9.17) is 11.0 Å². The van der Waals surface area contributed by atoms with Crippen LogP contribution in [0.25, 0.3) is 0 Å². The van der Waals surface area contributed by atoms with Gasteiger partial charge < -0.3 is 5.73 Å². The minimum Gasteiger partial charge on any atom is -0.361 e. The number of amides is 1. The maximum atomic E-state index is 13.0. The van der Waals surface area contributed by atoms with Crippen LogP contribution in [0.15, 0.2) is 48.3 Å². The Morgan fingerprint density at radius 3 is 2.30 bits per heavy atom. The molecular weight excluding hydrogens is 290 g/mol. The summed E-state index contributed by atoms with van der Waals surface area (Å²) in [7, 11) is 1.81. The highest BCUT2D eigenvalue weighted by Crippen LogP contribution is 2.32. The summed E-state index contributed by atoms with van der Waals surface area (Å²) in [6.07, 6.45) is 5.22. The average molecular weight is 310 g/mol. The van der Waals surface area contributed by atoms with Crippen LogP contribution in [0.4, 0.5) is 0 Å². The first-order valence-electron chi connectivity index (χ1n) is 7.41. The van der Waals surface area contributed by atoms with Crippen molar-refractivity contribution < 1.29 is 14.1 Å². The number of likely N-dealkylation sites (N-methyl/N-ethyl adjacent to an activating group) is 1. The highest BCUT2D eigenvalue weighted by molar-refractivity contribution is 6.00. The zero-order valence-electron chi connectivity index (χ0n) is 13.5. The Morgan fingerprint density at radius 1 is 1.22 bits per heavy atom. The number of carbonyl (C=O) groups excluding carboxylic acids is 2. The normalized spacial score (nSPS) is 20.9. The Morgan fingerprint density at radius 2 is 1.83 bits per heavy atom. The lowest BCUT2D eigenvalue weighted by molar-refractivity contribution is -0.833. The van der Waals surface area contributed by atoms with Crippen LogP contribution < -0.4 is 5.73 Å². The number of hydrogen-bond donors (Lipinski definition) is 1. The number of carbonyl (C=O) groups is 2. The summed E-state index contributed by atoms with van der Waals surface area (Å²) in [5.41, 5.74) is 6.89. The fourth-order valence-corrected chi connectivity index (χ4v) is 3.16. The van der Waals surface area contributed by atoms with E-state index in [0.29, 0.717) is 16.8 Å². The molecule has 1 amide bonds. The number of quaternary nitrogens is 1. The molecule has 1 heterocycles. The number of hydrogen-bond acceptors (Lipinski definition) is 3. The van der Waals surface area contributed by atoms with Gasteiger partial charge in [-0.05, 0) is 30.3 Å². The zero-order chi connectivity index (χ0) is 17.2. The lowest BCUT2D eigenvalue weighted by Gasteiger charge is -2.37. The maximum absolute atomic E-state index is 13.0.